The third-order valence-corrected chi connectivity index (χ3v) is 4.97. The Morgan fingerprint density at radius 1 is 1.17 bits per heavy atom. The molecule has 4 heteroatoms. The Morgan fingerprint density at radius 3 is 2.61 bits per heavy atom. The summed E-state index contributed by atoms with van der Waals surface area (Å²) >= 11 is 0. The summed E-state index contributed by atoms with van der Waals surface area (Å²) in [5.41, 5.74) is 0. The molecule has 0 aromatic heterocycles. The lowest BCUT2D eigenvalue weighted by Crippen LogP contribution is -2.67. The van der Waals surface area contributed by atoms with Crippen LogP contribution < -0.4 is 5.32 Å². The van der Waals surface area contributed by atoms with Crippen molar-refractivity contribution in [2.45, 2.75) is 44.6 Å². The van der Waals surface area contributed by atoms with Crippen LogP contribution in [0.3, 0.4) is 0 Å². The molecule has 3 aliphatic heterocycles. The number of hydrogen-bond acceptors (Lipinski definition) is 4. The third kappa shape index (κ3) is 2.06. The highest BCUT2D eigenvalue weighted by atomic mass is 15.4. The minimum atomic E-state index is 0.535. The van der Waals surface area contributed by atoms with Crippen LogP contribution in [0.25, 0.3) is 0 Å². The Labute approximate surface area is 111 Å². The zero-order valence-electron chi connectivity index (χ0n) is 11.8. The van der Waals surface area contributed by atoms with Gasteiger partial charge in [0.1, 0.15) is 0 Å². The van der Waals surface area contributed by atoms with Gasteiger partial charge in [0.05, 0.1) is 12.2 Å². The molecule has 0 aromatic rings. The predicted octanol–water partition coefficient (Wildman–Crippen LogP) is 0.528. The maximum atomic E-state index is 3.74. The van der Waals surface area contributed by atoms with Crippen LogP contribution in [0.5, 0.6) is 0 Å². The van der Waals surface area contributed by atoms with Gasteiger partial charge in [-0.3, -0.25) is 15.1 Å². The van der Waals surface area contributed by atoms with Gasteiger partial charge in [-0.1, -0.05) is 6.08 Å². The summed E-state index contributed by atoms with van der Waals surface area (Å²) in [4.78, 5) is 7.69. The quantitative estimate of drug-likeness (QED) is 0.733. The molecular weight excluding hydrogens is 224 g/mol. The SMILES string of the molecule is C[C@@H]1CN(C2NCCN3C=CCC23)C[C@H](C)N1C. The van der Waals surface area contributed by atoms with Gasteiger partial charge in [-0.15, -0.1) is 0 Å². The normalized spacial score (nSPS) is 42.3. The van der Waals surface area contributed by atoms with Crippen molar-refractivity contribution < 1.29 is 0 Å². The van der Waals surface area contributed by atoms with Crippen molar-refractivity contribution in [3.63, 3.8) is 0 Å². The summed E-state index contributed by atoms with van der Waals surface area (Å²) in [5, 5.41) is 3.74. The van der Waals surface area contributed by atoms with E-state index in [0.717, 1.165) is 13.1 Å². The molecule has 2 unspecified atom stereocenters. The van der Waals surface area contributed by atoms with Crippen molar-refractivity contribution in [2.75, 3.05) is 33.2 Å². The third-order valence-electron chi connectivity index (χ3n) is 4.97. The van der Waals surface area contributed by atoms with Gasteiger partial charge in [0, 0.05) is 38.3 Å². The lowest BCUT2D eigenvalue weighted by molar-refractivity contribution is -0.0122. The highest BCUT2D eigenvalue weighted by Crippen LogP contribution is 2.25. The van der Waals surface area contributed by atoms with Crippen LogP contribution in [0.15, 0.2) is 12.3 Å². The number of nitrogens with zero attached hydrogens (tertiary/aromatic N) is 3. The van der Waals surface area contributed by atoms with Crippen LogP contribution in [0.2, 0.25) is 0 Å². The second-order valence-corrected chi connectivity index (χ2v) is 6.14. The average molecular weight is 250 g/mol. The fourth-order valence-electron chi connectivity index (χ4n) is 3.65. The van der Waals surface area contributed by atoms with Crippen molar-refractivity contribution in [3.05, 3.63) is 12.3 Å². The average Bonchev–Trinajstić information content (AvgIpc) is 2.83. The Kier molecular flexibility index (Phi) is 3.34. The summed E-state index contributed by atoms with van der Waals surface area (Å²) in [6.07, 6.45) is 6.36. The summed E-state index contributed by atoms with van der Waals surface area (Å²) in [7, 11) is 2.25. The molecule has 18 heavy (non-hydrogen) atoms. The van der Waals surface area contributed by atoms with Gasteiger partial charge in [0.25, 0.3) is 0 Å². The van der Waals surface area contributed by atoms with E-state index in [4.69, 9.17) is 0 Å². The zero-order chi connectivity index (χ0) is 12.7. The van der Waals surface area contributed by atoms with E-state index in [2.05, 4.69) is 53.2 Å². The van der Waals surface area contributed by atoms with Crippen molar-refractivity contribution in [1.29, 1.82) is 0 Å². The molecule has 3 heterocycles. The molecule has 4 atom stereocenters. The number of likely N-dealkylation sites (N-methyl/N-ethyl adjacent to an activating group) is 1. The largest absolute Gasteiger partial charge is 0.370 e. The molecule has 1 N–H and O–H groups in total. The van der Waals surface area contributed by atoms with E-state index >= 15 is 0 Å². The van der Waals surface area contributed by atoms with E-state index in [0.29, 0.717) is 24.3 Å². The van der Waals surface area contributed by atoms with E-state index < -0.39 is 0 Å². The maximum Gasteiger partial charge on any atom is 0.0811 e. The fourth-order valence-corrected chi connectivity index (χ4v) is 3.65. The molecule has 0 amide bonds. The molecule has 0 aromatic carbocycles. The van der Waals surface area contributed by atoms with Gasteiger partial charge in [-0.2, -0.15) is 0 Å². The first-order valence-electron chi connectivity index (χ1n) is 7.28. The van der Waals surface area contributed by atoms with Gasteiger partial charge in [0.15, 0.2) is 0 Å². The molecule has 0 radical (unpaired) electrons. The Bertz CT molecular complexity index is 318. The first-order valence-corrected chi connectivity index (χ1v) is 7.28. The fraction of sp³-hybridized carbons (Fsp3) is 0.857. The van der Waals surface area contributed by atoms with E-state index in [1.807, 2.05) is 0 Å². The number of hydrogen-bond donors (Lipinski definition) is 1. The number of nitrogens with one attached hydrogen (secondary N) is 1. The van der Waals surface area contributed by atoms with Gasteiger partial charge in [-0.05, 0) is 33.5 Å². The smallest absolute Gasteiger partial charge is 0.0811 e. The van der Waals surface area contributed by atoms with Crippen LogP contribution in [-0.4, -0.2) is 72.2 Å². The van der Waals surface area contributed by atoms with Crippen LogP contribution in [0, 0.1) is 0 Å². The second-order valence-electron chi connectivity index (χ2n) is 6.14. The zero-order valence-corrected chi connectivity index (χ0v) is 11.8. The molecule has 0 spiro atoms. The summed E-state index contributed by atoms with van der Waals surface area (Å²) in [5.74, 6) is 0. The van der Waals surface area contributed by atoms with Crippen LogP contribution in [0.4, 0.5) is 0 Å². The molecule has 3 rings (SSSR count). The standard InChI is InChI=1S/C14H26N4/c1-11-9-18(10-12(2)16(11)3)14-13-5-4-7-17(13)8-6-15-14/h4,7,11-15H,5-6,8-10H2,1-3H3/t11-,12+,13?,14?. The summed E-state index contributed by atoms with van der Waals surface area (Å²) < 4.78 is 0. The van der Waals surface area contributed by atoms with E-state index in [1.165, 1.54) is 19.5 Å². The Hall–Kier alpha value is -0.580. The summed E-state index contributed by atoms with van der Waals surface area (Å²) in [6.45, 7) is 9.33. The van der Waals surface area contributed by atoms with Gasteiger partial charge >= 0.3 is 0 Å². The minimum Gasteiger partial charge on any atom is -0.370 e. The molecule has 0 saturated carbocycles. The maximum absolute atomic E-state index is 3.74. The second kappa shape index (κ2) is 4.83. The molecule has 4 nitrogen and oxygen atoms in total. The van der Waals surface area contributed by atoms with Gasteiger partial charge in [-0.25, -0.2) is 0 Å². The van der Waals surface area contributed by atoms with Crippen molar-refractivity contribution in [2.24, 2.45) is 0 Å². The Balaban J connectivity index is 1.70. The first-order chi connectivity index (χ1) is 8.66. The van der Waals surface area contributed by atoms with Crippen LogP contribution in [-0.2, 0) is 0 Å². The lowest BCUT2D eigenvalue weighted by Gasteiger charge is -2.50. The minimum absolute atomic E-state index is 0.535. The molecule has 0 aliphatic carbocycles. The molecule has 3 aliphatic rings. The van der Waals surface area contributed by atoms with Crippen molar-refractivity contribution in [1.82, 2.24) is 20.0 Å². The number of piperazine rings is 2. The van der Waals surface area contributed by atoms with Gasteiger partial charge < -0.3 is 4.90 Å². The highest BCUT2D eigenvalue weighted by molar-refractivity contribution is 5.05. The first kappa shape index (κ1) is 12.5. The monoisotopic (exact) mass is 250 g/mol. The molecule has 0 bridgehead atoms. The molecule has 2 fully saturated rings. The lowest BCUT2D eigenvalue weighted by atomic mass is 10.0. The summed E-state index contributed by atoms with van der Waals surface area (Å²) in [6, 6.07) is 1.96. The molecule has 2 saturated heterocycles. The van der Waals surface area contributed by atoms with E-state index in [1.54, 1.807) is 0 Å². The Morgan fingerprint density at radius 2 is 1.89 bits per heavy atom. The van der Waals surface area contributed by atoms with Crippen LogP contribution in [0.1, 0.15) is 20.3 Å². The molecule has 102 valence electrons. The van der Waals surface area contributed by atoms with E-state index in [-0.39, 0.29) is 0 Å². The van der Waals surface area contributed by atoms with E-state index in [9.17, 15) is 0 Å². The van der Waals surface area contributed by atoms with Crippen LogP contribution >= 0.6 is 0 Å². The van der Waals surface area contributed by atoms with Crippen molar-refractivity contribution >= 4 is 0 Å². The van der Waals surface area contributed by atoms with Gasteiger partial charge in [0.2, 0.25) is 0 Å². The topological polar surface area (TPSA) is 21.8 Å². The van der Waals surface area contributed by atoms with Crippen molar-refractivity contribution in [3.8, 4) is 0 Å². The molecular formula is C14H26N4. The number of fused-ring (bicyclic) bond motifs is 1. The highest BCUT2D eigenvalue weighted by Gasteiger charge is 2.38. The number of rotatable bonds is 1. The predicted molar refractivity (Wildman–Crippen MR) is 74.3 cm³/mol.